The van der Waals surface area contributed by atoms with Crippen molar-refractivity contribution in [1.82, 2.24) is 5.32 Å². The Kier molecular flexibility index (Phi) is 7.34. The zero-order valence-electron chi connectivity index (χ0n) is 10.1. The van der Waals surface area contributed by atoms with Crippen LogP contribution in [0.4, 0.5) is 0 Å². The van der Waals surface area contributed by atoms with Gasteiger partial charge in [0, 0.05) is 0 Å². The number of carbonyl (C=O) groups excluding carboxylic acids is 1. The first-order valence-electron chi connectivity index (χ1n) is 5.52. The van der Waals surface area contributed by atoms with Gasteiger partial charge in [0.15, 0.2) is 0 Å². The standard InChI is InChI=1S/C6H14N2.C5H10O2/c7-4-6-2-1-3-8-5-6;1-5(2,3)7-4-6/h6,8H,1-5,7H2;4H,1-3H3/t6-;/m1./s1. The Bertz CT molecular complexity index is 160. The van der Waals surface area contributed by atoms with Crippen LogP contribution in [0.25, 0.3) is 0 Å². The first-order chi connectivity index (χ1) is 6.99. The van der Waals surface area contributed by atoms with E-state index in [1.165, 1.54) is 19.4 Å². The average molecular weight is 216 g/mol. The number of carbonyl (C=O) groups is 1. The van der Waals surface area contributed by atoms with Crippen molar-refractivity contribution in [2.75, 3.05) is 19.6 Å². The molecule has 1 fully saturated rings. The molecule has 4 heteroatoms. The van der Waals surface area contributed by atoms with Crippen LogP contribution in [0.5, 0.6) is 0 Å². The van der Waals surface area contributed by atoms with Gasteiger partial charge in [-0.2, -0.15) is 0 Å². The predicted molar refractivity (Wildman–Crippen MR) is 61.6 cm³/mol. The lowest BCUT2D eigenvalue weighted by molar-refractivity contribution is -0.138. The van der Waals surface area contributed by atoms with Crippen molar-refractivity contribution in [2.24, 2.45) is 11.7 Å². The van der Waals surface area contributed by atoms with E-state index < -0.39 is 0 Å². The molecule has 0 amide bonds. The van der Waals surface area contributed by atoms with Gasteiger partial charge in [-0.3, -0.25) is 4.79 Å². The summed E-state index contributed by atoms with van der Waals surface area (Å²) in [7, 11) is 0. The van der Waals surface area contributed by atoms with Gasteiger partial charge in [-0.25, -0.2) is 0 Å². The molecule has 0 aliphatic carbocycles. The van der Waals surface area contributed by atoms with Crippen LogP contribution in [0.3, 0.4) is 0 Å². The van der Waals surface area contributed by atoms with Crippen LogP contribution >= 0.6 is 0 Å². The maximum absolute atomic E-state index is 9.60. The van der Waals surface area contributed by atoms with Crippen LogP contribution in [0, 0.1) is 5.92 Å². The number of hydrogen-bond acceptors (Lipinski definition) is 4. The molecule has 90 valence electrons. The highest BCUT2D eigenvalue weighted by Crippen LogP contribution is 2.06. The summed E-state index contributed by atoms with van der Waals surface area (Å²) >= 11 is 0. The zero-order chi connectivity index (χ0) is 11.7. The predicted octanol–water partition coefficient (Wildman–Crippen LogP) is 0.903. The van der Waals surface area contributed by atoms with E-state index in [4.69, 9.17) is 5.73 Å². The molecule has 0 saturated carbocycles. The van der Waals surface area contributed by atoms with Crippen molar-refractivity contribution in [3.63, 3.8) is 0 Å². The number of nitrogens with one attached hydrogen (secondary N) is 1. The molecule has 1 aliphatic heterocycles. The minimum Gasteiger partial charge on any atom is -0.462 e. The normalized spacial score (nSPS) is 21.2. The second-order valence-electron chi connectivity index (χ2n) is 4.77. The van der Waals surface area contributed by atoms with Crippen LogP contribution < -0.4 is 11.1 Å². The van der Waals surface area contributed by atoms with Crippen molar-refractivity contribution in [3.8, 4) is 0 Å². The van der Waals surface area contributed by atoms with Crippen LogP contribution in [0.2, 0.25) is 0 Å². The van der Waals surface area contributed by atoms with Gasteiger partial charge >= 0.3 is 0 Å². The Morgan fingerprint density at radius 1 is 1.53 bits per heavy atom. The van der Waals surface area contributed by atoms with E-state index in [1.54, 1.807) is 0 Å². The molecule has 1 atom stereocenters. The fourth-order valence-electron chi connectivity index (χ4n) is 1.27. The third-order valence-corrected chi connectivity index (χ3v) is 2.13. The highest BCUT2D eigenvalue weighted by atomic mass is 16.5. The summed E-state index contributed by atoms with van der Waals surface area (Å²) < 4.78 is 4.55. The van der Waals surface area contributed by atoms with Crippen molar-refractivity contribution in [1.29, 1.82) is 0 Å². The monoisotopic (exact) mass is 216 g/mol. The van der Waals surface area contributed by atoms with Gasteiger partial charge in [0.25, 0.3) is 6.47 Å². The summed E-state index contributed by atoms with van der Waals surface area (Å²) in [6, 6.07) is 0. The first-order valence-corrected chi connectivity index (χ1v) is 5.52. The molecular weight excluding hydrogens is 192 g/mol. The fraction of sp³-hybridized carbons (Fsp3) is 0.909. The Morgan fingerprint density at radius 2 is 2.20 bits per heavy atom. The quantitative estimate of drug-likeness (QED) is 0.673. The Morgan fingerprint density at radius 3 is 2.40 bits per heavy atom. The molecule has 0 unspecified atom stereocenters. The molecule has 0 spiro atoms. The lowest BCUT2D eigenvalue weighted by Crippen LogP contribution is -2.33. The van der Waals surface area contributed by atoms with Crippen LogP contribution in [0.15, 0.2) is 0 Å². The summed E-state index contributed by atoms with van der Waals surface area (Å²) in [5.74, 6) is 0.753. The average Bonchev–Trinajstić information content (AvgIpc) is 2.18. The molecule has 15 heavy (non-hydrogen) atoms. The lowest BCUT2D eigenvalue weighted by atomic mass is 10.0. The second-order valence-corrected chi connectivity index (χ2v) is 4.77. The highest BCUT2D eigenvalue weighted by molar-refractivity contribution is 5.37. The van der Waals surface area contributed by atoms with Crippen LogP contribution in [0.1, 0.15) is 33.6 Å². The van der Waals surface area contributed by atoms with Gasteiger partial charge in [0.05, 0.1) is 0 Å². The highest BCUT2D eigenvalue weighted by Gasteiger charge is 2.09. The number of hydrogen-bond donors (Lipinski definition) is 2. The second kappa shape index (κ2) is 7.65. The van der Waals surface area contributed by atoms with Crippen molar-refractivity contribution in [2.45, 2.75) is 39.2 Å². The molecule has 0 bridgehead atoms. The van der Waals surface area contributed by atoms with Gasteiger partial charge in [0.2, 0.25) is 0 Å². The molecular formula is C11H24N2O2. The zero-order valence-corrected chi connectivity index (χ0v) is 10.1. The maximum atomic E-state index is 9.60. The molecule has 0 aromatic carbocycles. The number of nitrogens with two attached hydrogens (primary N) is 1. The Labute approximate surface area is 92.6 Å². The minimum atomic E-state index is -0.318. The van der Waals surface area contributed by atoms with Crippen molar-refractivity contribution in [3.05, 3.63) is 0 Å². The van der Waals surface area contributed by atoms with E-state index in [0.29, 0.717) is 6.47 Å². The van der Waals surface area contributed by atoms with Gasteiger partial charge < -0.3 is 15.8 Å². The summed E-state index contributed by atoms with van der Waals surface area (Å²) in [6.07, 6.45) is 2.63. The largest absolute Gasteiger partial charge is 0.462 e. The minimum absolute atomic E-state index is 0.318. The molecule has 3 N–H and O–H groups in total. The fourth-order valence-corrected chi connectivity index (χ4v) is 1.27. The SMILES string of the molecule is CC(C)(C)OC=O.NC[C@H]1CCCNC1. The molecule has 1 rings (SSSR count). The van der Waals surface area contributed by atoms with E-state index in [9.17, 15) is 4.79 Å². The molecule has 4 nitrogen and oxygen atoms in total. The van der Waals surface area contributed by atoms with Crippen LogP contribution in [-0.2, 0) is 9.53 Å². The van der Waals surface area contributed by atoms with Gasteiger partial charge in [-0.05, 0) is 59.2 Å². The molecule has 1 heterocycles. The molecule has 0 radical (unpaired) electrons. The van der Waals surface area contributed by atoms with E-state index in [2.05, 4.69) is 10.1 Å². The van der Waals surface area contributed by atoms with Gasteiger partial charge in [0.1, 0.15) is 5.60 Å². The van der Waals surface area contributed by atoms with Gasteiger partial charge in [-0.1, -0.05) is 0 Å². The summed E-state index contributed by atoms with van der Waals surface area (Å²) in [5, 5.41) is 3.31. The Balaban J connectivity index is 0.000000265. The summed E-state index contributed by atoms with van der Waals surface area (Å²) in [5.41, 5.74) is 5.15. The molecule has 1 saturated heterocycles. The summed E-state index contributed by atoms with van der Waals surface area (Å²) in [4.78, 5) is 9.60. The first kappa shape index (κ1) is 14.4. The topological polar surface area (TPSA) is 64.3 Å². The third-order valence-electron chi connectivity index (χ3n) is 2.13. The van der Waals surface area contributed by atoms with E-state index in [0.717, 1.165) is 19.0 Å². The number of piperidine rings is 1. The number of rotatable bonds is 2. The smallest absolute Gasteiger partial charge is 0.293 e. The molecule has 0 aromatic rings. The lowest BCUT2D eigenvalue weighted by Gasteiger charge is -2.20. The Hall–Kier alpha value is -0.610. The van der Waals surface area contributed by atoms with Crippen LogP contribution in [-0.4, -0.2) is 31.7 Å². The third kappa shape index (κ3) is 9.69. The van der Waals surface area contributed by atoms with E-state index >= 15 is 0 Å². The van der Waals surface area contributed by atoms with Crippen molar-refractivity contribution < 1.29 is 9.53 Å². The number of ether oxygens (including phenoxy) is 1. The van der Waals surface area contributed by atoms with E-state index in [1.807, 2.05) is 20.8 Å². The molecule has 0 aromatic heterocycles. The summed E-state index contributed by atoms with van der Waals surface area (Å²) in [6.45, 7) is 9.10. The van der Waals surface area contributed by atoms with Crippen molar-refractivity contribution >= 4 is 6.47 Å². The molecule has 1 aliphatic rings. The van der Waals surface area contributed by atoms with Gasteiger partial charge in [-0.15, -0.1) is 0 Å². The maximum Gasteiger partial charge on any atom is 0.293 e. The van der Waals surface area contributed by atoms with E-state index in [-0.39, 0.29) is 5.60 Å².